The Morgan fingerprint density at radius 2 is 1.87 bits per heavy atom. The van der Waals surface area contributed by atoms with E-state index in [9.17, 15) is 9.90 Å². The Labute approximate surface area is 179 Å². The van der Waals surface area contributed by atoms with Gasteiger partial charge in [0.25, 0.3) is 0 Å². The van der Waals surface area contributed by atoms with Gasteiger partial charge in [0.2, 0.25) is 0 Å². The van der Waals surface area contributed by atoms with Gasteiger partial charge in [-0.05, 0) is 29.7 Å². The van der Waals surface area contributed by atoms with Crippen LogP contribution in [0.4, 0.5) is 17.2 Å². The van der Waals surface area contributed by atoms with Crippen LogP contribution in [0.25, 0.3) is 11.1 Å². The second-order valence-corrected chi connectivity index (χ2v) is 7.46. The highest BCUT2D eigenvalue weighted by Crippen LogP contribution is 2.35. The number of hydrogen-bond donors (Lipinski definition) is 3. The summed E-state index contributed by atoms with van der Waals surface area (Å²) in [4.78, 5) is 15.8. The zero-order chi connectivity index (χ0) is 21.2. The van der Waals surface area contributed by atoms with Crippen LogP contribution < -0.4 is 10.6 Å². The molecule has 1 aliphatic heterocycles. The lowest BCUT2D eigenvalue weighted by molar-refractivity contribution is 0.0698. The molecule has 7 heteroatoms. The lowest BCUT2D eigenvalue weighted by atomic mass is 9.99. The summed E-state index contributed by atoms with van der Waals surface area (Å²) in [6, 6.07) is 19.8. The lowest BCUT2D eigenvalue weighted by Gasteiger charge is -2.28. The van der Waals surface area contributed by atoms with Crippen molar-refractivity contribution in [2.75, 3.05) is 17.2 Å². The number of anilines is 3. The molecule has 0 fully saturated rings. The lowest BCUT2D eigenvalue weighted by Crippen LogP contribution is -2.27. The van der Waals surface area contributed by atoms with Gasteiger partial charge in [0.05, 0.1) is 29.7 Å². The van der Waals surface area contributed by atoms with Crippen molar-refractivity contribution < 1.29 is 9.90 Å². The minimum Gasteiger partial charge on any atom is -0.478 e. The molecule has 0 saturated heterocycles. The van der Waals surface area contributed by atoms with Crippen LogP contribution in [-0.2, 0) is 6.42 Å². The molecule has 0 amide bonds. The number of nitrogens with one attached hydrogen (secondary N) is 2. The Bertz CT molecular complexity index is 1240. The van der Waals surface area contributed by atoms with E-state index in [0.29, 0.717) is 5.69 Å². The number of carboxylic acids is 1. The molecule has 31 heavy (non-hydrogen) atoms. The number of carboxylic acid groups (broad SMARTS) is 1. The summed E-state index contributed by atoms with van der Waals surface area (Å²) in [6.07, 6.45) is 5.66. The van der Waals surface area contributed by atoms with Crippen molar-refractivity contribution in [2.45, 2.75) is 12.5 Å². The van der Waals surface area contributed by atoms with Gasteiger partial charge >= 0.3 is 5.97 Å². The summed E-state index contributed by atoms with van der Waals surface area (Å²) in [5, 5.41) is 21.1. The smallest absolute Gasteiger partial charge is 0.337 e. The van der Waals surface area contributed by atoms with Gasteiger partial charge in [0.15, 0.2) is 0 Å². The van der Waals surface area contributed by atoms with Gasteiger partial charge in [0, 0.05) is 24.0 Å². The van der Waals surface area contributed by atoms with E-state index in [4.69, 9.17) is 5.10 Å². The van der Waals surface area contributed by atoms with Crippen molar-refractivity contribution in [3.05, 3.63) is 90.4 Å². The van der Waals surface area contributed by atoms with Gasteiger partial charge < -0.3 is 15.7 Å². The minimum atomic E-state index is -1.01. The number of fused-ring (bicyclic) bond motifs is 1. The molecule has 5 rings (SSSR count). The van der Waals surface area contributed by atoms with Crippen molar-refractivity contribution >= 4 is 23.2 Å². The molecule has 0 radical (unpaired) electrons. The first-order valence-electron chi connectivity index (χ1n) is 10.1. The van der Waals surface area contributed by atoms with Crippen molar-refractivity contribution in [1.29, 1.82) is 0 Å². The Balaban J connectivity index is 1.59. The Kier molecular flexibility index (Phi) is 4.84. The molecule has 3 heterocycles. The number of hydrogen-bond acceptors (Lipinski definition) is 5. The zero-order valence-corrected chi connectivity index (χ0v) is 16.7. The van der Waals surface area contributed by atoms with Crippen LogP contribution in [0.1, 0.15) is 22.0 Å². The van der Waals surface area contributed by atoms with E-state index in [1.807, 2.05) is 53.3 Å². The molecule has 0 unspecified atom stereocenters. The first-order valence-corrected chi connectivity index (χ1v) is 10.1. The molecular formula is C24H21N5O2. The molecule has 2 aromatic carbocycles. The van der Waals surface area contributed by atoms with E-state index in [0.717, 1.165) is 35.6 Å². The molecule has 3 N–H and O–H groups in total. The highest BCUT2D eigenvalue weighted by atomic mass is 16.4. The molecule has 4 aromatic rings. The zero-order valence-electron chi connectivity index (χ0n) is 16.7. The third kappa shape index (κ3) is 3.61. The van der Waals surface area contributed by atoms with Crippen LogP contribution in [0.5, 0.6) is 0 Å². The second kappa shape index (κ2) is 7.95. The molecule has 0 saturated carbocycles. The van der Waals surface area contributed by atoms with Crippen LogP contribution in [-0.4, -0.2) is 32.4 Å². The molecular weight excluding hydrogens is 390 g/mol. The fourth-order valence-electron chi connectivity index (χ4n) is 4.00. The van der Waals surface area contributed by atoms with Gasteiger partial charge in [-0.25, -0.2) is 9.48 Å². The number of carbonyl (C=O) groups is 1. The molecule has 2 aromatic heterocycles. The molecule has 154 valence electrons. The van der Waals surface area contributed by atoms with Crippen LogP contribution in [0.2, 0.25) is 0 Å². The topological polar surface area (TPSA) is 92.1 Å². The highest BCUT2D eigenvalue weighted by Gasteiger charge is 2.25. The van der Waals surface area contributed by atoms with Crippen LogP contribution >= 0.6 is 0 Å². The summed E-state index contributed by atoms with van der Waals surface area (Å²) in [5.41, 5.74) is 4.87. The monoisotopic (exact) mass is 411 g/mol. The first kappa shape index (κ1) is 18.9. The number of pyridine rings is 1. The van der Waals surface area contributed by atoms with E-state index in [1.54, 1.807) is 0 Å². The fourth-order valence-corrected chi connectivity index (χ4v) is 4.00. The predicted molar refractivity (Wildman–Crippen MR) is 120 cm³/mol. The molecule has 0 spiro atoms. The Morgan fingerprint density at radius 1 is 1.06 bits per heavy atom. The second-order valence-electron chi connectivity index (χ2n) is 7.46. The number of aromatic nitrogens is 3. The third-order valence-electron chi connectivity index (χ3n) is 5.53. The highest BCUT2D eigenvalue weighted by molar-refractivity contribution is 5.95. The van der Waals surface area contributed by atoms with Gasteiger partial charge in [-0.15, -0.1) is 0 Å². The average Bonchev–Trinajstić information content (AvgIpc) is 3.23. The quantitative estimate of drug-likeness (QED) is 0.445. The standard InChI is InChI=1S/C24H21N5O2/c30-24(31)19-10-11-25-15-22(19)28-23-20(16-6-2-1-3-7-16)14-27-29(23)18-12-17-8-4-5-9-21(17)26-13-18/h1-11,14-15,18,26,28H,12-13H2,(H,30,31)/t18-/m1/s1. The van der Waals surface area contributed by atoms with Crippen molar-refractivity contribution in [1.82, 2.24) is 14.8 Å². The van der Waals surface area contributed by atoms with E-state index < -0.39 is 5.97 Å². The Hall–Kier alpha value is -4.13. The Morgan fingerprint density at radius 3 is 2.71 bits per heavy atom. The SMILES string of the molecule is O=C(O)c1ccncc1Nc1c(-c2ccccc2)cnn1[C@H]1CNc2ccccc2C1. The largest absolute Gasteiger partial charge is 0.478 e. The van der Waals surface area contributed by atoms with E-state index in [-0.39, 0.29) is 11.6 Å². The minimum absolute atomic E-state index is 0.0693. The molecule has 7 nitrogen and oxygen atoms in total. The summed E-state index contributed by atoms with van der Waals surface area (Å²) in [7, 11) is 0. The number of nitrogens with zero attached hydrogens (tertiary/aromatic N) is 3. The average molecular weight is 411 g/mol. The maximum absolute atomic E-state index is 11.7. The normalized spacial score (nSPS) is 15.0. The van der Waals surface area contributed by atoms with Crippen molar-refractivity contribution in [3.8, 4) is 11.1 Å². The predicted octanol–water partition coefficient (Wildman–Crippen LogP) is 4.60. The fraction of sp³-hybridized carbons (Fsp3) is 0.125. The van der Waals surface area contributed by atoms with Crippen LogP contribution in [0.3, 0.4) is 0 Å². The number of benzene rings is 2. The van der Waals surface area contributed by atoms with E-state index in [2.05, 4.69) is 27.8 Å². The summed E-state index contributed by atoms with van der Waals surface area (Å²) in [6.45, 7) is 0.723. The maximum atomic E-state index is 11.7. The number of para-hydroxylation sites is 1. The first-order chi connectivity index (χ1) is 15.2. The van der Waals surface area contributed by atoms with Crippen molar-refractivity contribution in [3.63, 3.8) is 0 Å². The molecule has 1 aliphatic rings. The summed E-state index contributed by atoms with van der Waals surface area (Å²) in [5.74, 6) is -0.265. The third-order valence-corrected chi connectivity index (χ3v) is 5.53. The van der Waals surface area contributed by atoms with Gasteiger partial charge in [-0.3, -0.25) is 4.98 Å². The van der Waals surface area contributed by atoms with Crippen LogP contribution in [0.15, 0.2) is 79.3 Å². The molecule has 0 aliphatic carbocycles. The molecule has 0 bridgehead atoms. The van der Waals surface area contributed by atoms with Gasteiger partial charge in [-0.1, -0.05) is 48.5 Å². The van der Waals surface area contributed by atoms with Gasteiger partial charge in [0.1, 0.15) is 5.82 Å². The number of aromatic carboxylic acids is 1. The summed E-state index contributed by atoms with van der Waals surface area (Å²) >= 11 is 0. The van der Waals surface area contributed by atoms with Crippen LogP contribution in [0, 0.1) is 0 Å². The van der Waals surface area contributed by atoms with Crippen molar-refractivity contribution in [2.24, 2.45) is 0 Å². The van der Waals surface area contributed by atoms with E-state index in [1.165, 1.54) is 24.0 Å². The summed E-state index contributed by atoms with van der Waals surface area (Å²) < 4.78 is 1.95. The number of rotatable bonds is 5. The maximum Gasteiger partial charge on any atom is 0.337 e. The molecule has 1 atom stereocenters. The van der Waals surface area contributed by atoms with Gasteiger partial charge in [-0.2, -0.15) is 5.10 Å². The van der Waals surface area contributed by atoms with E-state index >= 15 is 0 Å².